The van der Waals surface area contributed by atoms with Crippen molar-refractivity contribution in [1.82, 2.24) is 10.2 Å². The number of hydrogen-bond acceptors (Lipinski definition) is 4. The lowest BCUT2D eigenvalue weighted by Crippen LogP contribution is -2.51. The SMILES string of the molecule is CCCNC(=O)[C@@H](C)N(Cc1cccc(C)c1)C(=O)CN(c1ccccc1Br)S(C)(=O)=O. The number of amides is 2. The third-order valence-corrected chi connectivity index (χ3v) is 6.75. The highest BCUT2D eigenvalue weighted by molar-refractivity contribution is 9.10. The molecule has 2 aromatic rings. The van der Waals surface area contributed by atoms with Gasteiger partial charge in [-0.2, -0.15) is 0 Å². The molecule has 1 N–H and O–H groups in total. The number of aryl methyl sites for hydroxylation is 1. The summed E-state index contributed by atoms with van der Waals surface area (Å²) in [6.07, 6.45) is 1.83. The van der Waals surface area contributed by atoms with Gasteiger partial charge >= 0.3 is 0 Å². The molecule has 0 saturated carbocycles. The van der Waals surface area contributed by atoms with Crippen LogP contribution in [-0.2, 0) is 26.2 Å². The van der Waals surface area contributed by atoms with Crippen molar-refractivity contribution in [3.63, 3.8) is 0 Å². The van der Waals surface area contributed by atoms with Crippen LogP contribution in [0.1, 0.15) is 31.4 Å². The van der Waals surface area contributed by atoms with Gasteiger partial charge in [0, 0.05) is 17.6 Å². The molecule has 0 aliphatic carbocycles. The van der Waals surface area contributed by atoms with Crippen molar-refractivity contribution in [2.75, 3.05) is 23.7 Å². The van der Waals surface area contributed by atoms with E-state index in [-0.39, 0.29) is 12.5 Å². The number of para-hydroxylation sites is 1. The molecule has 0 spiro atoms. The molecule has 0 fully saturated rings. The van der Waals surface area contributed by atoms with E-state index in [2.05, 4.69) is 21.2 Å². The Bertz CT molecular complexity index is 1060. The Labute approximate surface area is 199 Å². The fraction of sp³-hybridized carbons (Fsp3) is 0.391. The molecule has 7 nitrogen and oxygen atoms in total. The van der Waals surface area contributed by atoms with Crippen LogP contribution >= 0.6 is 15.9 Å². The first-order chi connectivity index (χ1) is 15.0. The Morgan fingerprint density at radius 2 is 1.81 bits per heavy atom. The highest BCUT2D eigenvalue weighted by Crippen LogP contribution is 2.28. The minimum absolute atomic E-state index is 0.189. The van der Waals surface area contributed by atoms with Gasteiger partial charge in [0.25, 0.3) is 0 Å². The van der Waals surface area contributed by atoms with E-state index in [0.717, 1.165) is 28.1 Å². The highest BCUT2D eigenvalue weighted by atomic mass is 79.9. The number of nitrogens with one attached hydrogen (secondary N) is 1. The maximum Gasteiger partial charge on any atom is 0.244 e. The lowest BCUT2D eigenvalue weighted by Gasteiger charge is -2.31. The fourth-order valence-electron chi connectivity index (χ4n) is 3.23. The summed E-state index contributed by atoms with van der Waals surface area (Å²) >= 11 is 3.36. The second-order valence-corrected chi connectivity index (χ2v) is 10.5. The van der Waals surface area contributed by atoms with Gasteiger partial charge in [0.2, 0.25) is 21.8 Å². The molecule has 0 saturated heterocycles. The molecule has 0 unspecified atom stereocenters. The van der Waals surface area contributed by atoms with Crippen LogP contribution in [0.3, 0.4) is 0 Å². The number of benzene rings is 2. The molecular formula is C23H30BrN3O4S. The third kappa shape index (κ3) is 7.06. The summed E-state index contributed by atoms with van der Waals surface area (Å²) < 4.78 is 26.7. The Morgan fingerprint density at radius 1 is 1.12 bits per heavy atom. The first kappa shape index (κ1) is 25.9. The second kappa shape index (κ2) is 11.5. The molecule has 0 aliphatic heterocycles. The molecule has 0 radical (unpaired) electrons. The van der Waals surface area contributed by atoms with Crippen molar-refractivity contribution in [2.24, 2.45) is 0 Å². The minimum atomic E-state index is -3.75. The van der Waals surface area contributed by atoms with Crippen LogP contribution in [0.15, 0.2) is 53.0 Å². The van der Waals surface area contributed by atoms with Gasteiger partial charge in [-0.15, -0.1) is 0 Å². The van der Waals surface area contributed by atoms with Crippen molar-refractivity contribution in [2.45, 2.75) is 39.8 Å². The van der Waals surface area contributed by atoms with Crippen LogP contribution in [-0.4, -0.2) is 50.5 Å². The summed E-state index contributed by atoms with van der Waals surface area (Å²) in [5, 5.41) is 2.82. The third-order valence-electron chi connectivity index (χ3n) is 4.95. The summed E-state index contributed by atoms with van der Waals surface area (Å²) in [5.41, 5.74) is 2.26. The average Bonchev–Trinajstić information content (AvgIpc) is 2.73. The van der Waals surface area contributed by atoms with Crippen LogP contribution in [0, 0.1) is 6.92 Å². The van der Waals surface area contributed by atoms with Crippen molar-refractivity contribution in [3.8, 4) is 0 Å². The Balaban J connectivity index is 2.38. The molecular weight excluding hydrogens is 494 g/mol. The molecule has 2 amide bonds. The van der Waals surface area contributed by atoms with Crippen LogP contribution < -0.4 is 9.62 Å². The van der Waals surface area contributed by atoms with E-state index in [1.54, 1.807) is 31.2 Å². The lowest BCUT2D eigenvalue weighted by molar-refractivity contribution is -0.139. The smallest absolute Gasteiger partial charge is 0.244 e. The van der Waals surface area contributed by atoms with Gasteiger partial charge in [0.15, 0.2) is 0 Å². The fourth-order valence-corrected chi connectivity index (χ4v) is 4.71. The van der Waals surface area contributed by atoms with Gasteiger partial charge in [-0.05, 0) is 53.9 Å². The number of halogens is 1. The summed E-state index contributed by atoms with van der Waals surface area (Å²) in [6, 6.07) is 13.7. The molecule has 2 aromatic carbocycles. The van der Waals surface area contributed by atoms with Gasteiger partial charge in [0.1, 0.15) is 12.6 Å². The van der Waals surface area contributed by atoms with Crippen molar-refractivity contribution in [3.05, 3.63) is 64.1 Å². The monoisotopic (exact) mass is 523 g/mol. The summed E-state index contributed by atoms with van der Waals surface area (Å²) in [7, 11) is -3.75. The number of rotatable bonds is 10. The predicted molar refractivity (Wildman–Crippen MR) is 131 cm³/mol. The van der Waals surface area contributed by atoms with E-state index < -0.39 is 28.5 Å². The average molecular weight is 524 g/mol. The van der Waals surface area contributed by atoms with Gasteiger partial charge in [-0.1, -0.05) is 48.9 Å². The van der Waals surface area contributed by atoms with Gasteiger partial charge in [0.05, 0.1) is 11.9 Å². The van der Waals surface area contributed by atoms with E-state index in [4.69, 9.17) is 0 Å². The minimum Gasteiger partial charge on any atom is -0.354 e. The van der Waals surface area contributed by atoms with E-state index in [1.807, 2.05) is 38.1 Å². The van der Waals surface area contributed by atoms with E-state index >= 15 is 0 Å². The zero-order valence-corrected chi connectivity index (χ0v) is 21.2. The topological polar surface area (TPSA) is 86.8 Å². The summed E-state index contributed by atoms with van der Waals surface area (Å²) in [5.74, 6) is -0.744. The summed E-state index contributed by atoms with van der Waals surface area (Å²) in [6.45, 7) is 5.82. The van der Waals surface area contributed by atoms with Crippen LogP contribution in [0.4, 0.5) is 5.69 Å². The molecule has 0 heterocycles. The van der Waals surface area contributed by atoms with Crippen molar-refractivity contribution in [1.29, 1.82) is 0 Å². The van der Waals surface area contributed by atoms with Crippen molar-refractivity contribution >= 4 is 43.5 Å². The first-order valence-electron chi connectivity index (χ1n) is 10.4. The number of anilines is 1. The maximum atomic E-state index is 13.4. The number of carbonyl (C=O) groups is 2. The molecule has 1 atom stereocenters. The van der Waals surface area contributed by atoms with Gasteiger partial charge < -0.3 is 10.2 Å². The van der Waals surface area contributed by atoms with Gasteiger partial charge in [-0.25, -0.2) is 8.42 Å². The molecule has 9 heteroatoms. The molecule has 0 aromatic heterocycles. The maximum absolute atomic E-state index is 13.4. The molecule has 32 heavy (non-hydrogen) atoms. The van der Waals surface area contributed by atoms with E-state index in [9.17, 15) is 18.0 Å². The number of hydrogen-bond donors (Lipinski definition) is 1. The predicted octanol–water partition coefficient (Wildman–Crippen LogP) is 3.47. The first-order valence-corrected chi connectivity index (χ1v) is 13.0. The lowest BCUT2D eigenvalue weighted by atomic mass is 10.1. The normalized spacial score (nSPS) is 12.2. The van der Waals surface area contributed by atoms with Crippen LogP contribution in [0.5, 0.6) is 0 Å². The standard InChI is InChI=1S/C23H30BrN3O4S/c1-5-13-25-23(29)18(3)26(15-19-10-8-9-17(2)14-19)22(28)16-27(32(4,30)31)21-12-7-6-11-20(21)24/h6-12,14,18H,5,13,15-16H2,1-4H3,(H,25,29)/t18-/m1/s1. The molecule has 0 bridgehead atoms. The zero-order valence-electron chi connectivity index (χ0n) is 18.8. The van der Waals surface area contributed by atoms with E-state index in [0.29, 0.717) is 16.7 Å². The van der Waals surface area contributed by atoms with Crippen molar-refractivity contribution < 1.29 is 18.0 Å². The van der Waals surface area contributed by atoms with Crippen LogP contribution in [0.2, 0.25) is 0 Å². The quantitative estimate of drug-likeness (QED) is 0.516. The molecule has 0 aliphatic rings. The second-order valence-electron chi connectivity index (χ2n) is 7.70. The van der Waals surface area contributed by atoms with Gasteiger partial charge in [-0.3, -0.25) is 13.9 Å². The number of nitrogens with zero attached hydrogens (tertiary/aromatic N) is 2. The Hall–Kier alpha value is -2.39. The number of sulfonamides is 1. The highest BCUT2D eigenvalue weighted by Gasteiger charge is 2.30. The zero-order chi connectivity index (χ0) is 23.9. The Morgan fingerprint density at radius 3 is 2.41 bits per heavy atom. The molecule has 174 valence electrons. The Kier molecular flexibility index (Phi) is 9.27. The van der Waals surface area contributed by atoms with Crippen LogP contribution in [0.25, 0.3) is 0 Å². The summed E-state index contributed by atoms with van der Waals surface area (Å²) in [4.78, 5) is 27.5. The largest absolute Gasteiger partial charge is 0.354 e. The van der Waals surface area contributed by atoms with E-state index in [1.165, 1.54) is 4.90 Å². The molecule has 2 rings (SSSR count). The number of carbonyl (C=O) groups excluding carboxylic acids is 2.